The van der Waals surface area contributed by atoms with E-state index in [0.717, 1.165) is 31.7 Å². The van der Waals surface area contributed by atoms with Crippen LogP contribution >= 0.6 is 0 Å². The van der Waals surface area contributed by atoms with Crippen LogP contribution in [0.1, 0.15) is 60.3 Å². The first kappa shape index (κ1) is 17.3. The first-order chi connectivity index (χ1) is 9.23. The number of rotatable bonds is 4. The van der Waals surface area contributed by atoms with E-state index in [9.17, 15) is 4.79 Å². The van der Waals surface area contributed by atoms with Crippen molar-refractivity contribution in [1.82, 2.24) is 10.2 Å². The number of carbonyl (C=O) groups is 1. The van der Waals surface area contributed by atoms with Crippen LogP contribution in [-0.4, -0.2) is 42.3 Å². The van der Waals surface area contributed by atoms with Gasteiger partial charge in [-0.25, -0.2) is 4.79 Å². The summed E-state index contributed by atoms with van der Waals surface area (Å²) in [6.45, 7) is 11.3. The van der Waals surface area contributed by atoms with Gasteiger partial charge in [0.25, 0.3) is 0 Å². The maximum Gasteiger partial charge on any atom is 0.407 e. The Labute approximate surface area is 124 Å². The summed E-state index contributed by atoms with van der Waals surface area (Å²) in [6, 6.07) is 0.629. The van der Waals surface area contributed by atoms with Crippen molar-refractivity contribution in [3.8, 4) is 0 Å². The van der Waals surface area contributed by atoms with E-state index in [2.05, 4.69) is 31.1 Å². The normalized spacial score (nSPS) is 27.4. The predicted molar refractivity (Wildman–Crippen MR) is 82.9 cm³/mol. The molecule has 0 spiro atoms. The number of hydrogen-bond donors (Lipinski definition) is 1. The van der Waals surface area contributed by atoms with E-state index in [4.69, 9.17) is 4.74 Å². The van der Waals surface area contributed by atoms with Crippen LogP contribution in [0.25, 0.3) is 0 Å². The highest BCUT2D eigenvalue weighted by Crippen LogP contribution is 2.27. The maximum atomic E-state index is 12.0. The molecule has 1 aliphatic carbocycles. The maximum absolute atomic E-state index is 12.0. The van der Waals surface area contributed by atoms with Crippen molar-refractivity contribution in [1.29, 1.82) is 0 Å². The van der Waals surface area contributed by atoms with Crippen LogP contribution in [0, 0.1) is 5.92 Å². The lowest BCUT2D eigenvalue weighted by atomic mass is 9.82. The van der Waals surface area contributed by atoms with Crippen LogP contribution < -0.4 is 5.32 Å². The Balaban J connectivity index is 2.62. The molecule has 1 unspecified atom stereocenters. The topological polar surface area (TPSA) is 41.6 Å². The van der Waals surface area contributed by atoms with Gasteiger partial charge in [-0.15, -0.1) is 0 Å². The zero-order chi connectivity index (χ0) is 15.3. The molecule has 4 heteroatoms. The fraction of sp³-hybridized carbons (Fsp3) is 0.938. The second kappa shape index (κ2) is 7.30. The number of hydrogen-bond acceptors (Lipinski definition) is 3. The summed E-state index contributed by atoms with van der Waals surface area (Å²) in [5.41, 5.74) is -0.434. The molecular weight excluding hydrogens is 252 g/mol. The van der Waals surface area contributed by atoms with Gasteiger partial charge in [0.15, 0.2) is 0 Å². The molecular formula is C16H32N2O2. The van der Waals surface area contributed by atoms with Crippen LogP contribution in [0.4, 0.5) is 4.79 Å². The fourth-order valence-corrected chi connectivity index (χ4v) is 2.98. The van der Waals surface area contributed by atoms with Gasteiger partial charge in [0, 0.05) is 12.1 Å². The Hall–Kier alpha value is -0.770. The Bertz CT molecular complexity index is 312. The van der Waals surface area contributed by atoms with E-state index in [-0.39, 0.29) is 12.1 Å². The monoisotopic (exact) mass is 284 g/mol. The molecule has 1 saturated carbocycles. The molecule has 0 saturated heterocycles. The van der Waals surface area contributed by atoms with Gasteiger partial charge < -0.3 is 15.0 Å². The number of nitrogens with one attached hydrogen (secondary N) is 1. The molecule has 1 aliphatic rings. The van der Waals surface area contributed by atoms with E-state index < -0.39 is 5.60 Å². The van der Waals surface area contributed by atoms with Crippen molar-refractivity contribution in [2.24, 2.45) is 5.92 Å². The van der Waals surface area contributed by atoms with Crippen molar-refractivity contribution in [3.05, 3.63) is 0 Å². The molecule has 0 bridgehead atoms. The van der Waals surface area contributed by atoms with Crippen LogP contribution in [0.3, 0.4) is 0 Å². The zero-order valence-electron chi connectivity index (χ0n) is 14.0. The van der Waals surface area contributed by atoms with E-state index in [0.29, 0.717) is 6.04 Å². The van der Waals surface area contributed by atoms with Gasteiger partial charge in [-0.1, -0.05) is 13.8 Å². The molecule has 1 rings (SSSR count). The molecule has 1 amide bonds. The molecule has 3 atom stereocenters. The smallest absolute Gasteiger partial charge is 0.407 e. The summed E-state index contributed by atoms with van der Waals surface area (Å²) >= 11 is 0. The van der Waals surface area contributed by atoms with E-state index in [1.54, 1.807) is 0 Å². The van der Waals surface area contributed by atoms with E-state index in [1.807, 2.05) is 20.8 Å². The third kappa shape index (κ3) is 5.70. The summed E-state index contributed by atoms with van der Waals surface area (Å²) in [7, 11) is 2.16. The second-order valence-electron chi connectivity index (χ2n) is 7.22. The lowest BCUT2D eigenvalue weighted by molar-refractivity contribution is 0.0420. The molecule has 0 aromatic rings. The number of alkyl carbamates (subject to hydrolysis) is 1. The van der Waals surface area contributed by atoms with Crippen LogP contribution in [0.2, 0.25) is 0 Å². The minimum absolute atomic E-state index is 0.206. The summed E-state index contributed by atoms with van der Waals surface area (Å²) in [5.74, 6) is 0.732. The molecule has 118 valence electrons. The summed E-state index contributed by atoms with van der Waals surface area (Å²) < 4.78 is 5.39. The predicted octanol–water partition coefficient (Wildman–Crippen LogP) is 3.41. The molecule has 0 radical (unpaired) electrons. The number of likely N-dealkylation sites (N-methyl/N-ethyl adjacent to an activating group) is 1. The third-order valence-electron chi connectivity index (χ3n) is 3.92. The molecule has 1 N–H and O–H groups in total. The third-order valence-corrected chi connectivity index (χ3v) is 3.92. The van der Waals surface area contributed by atoms with Crippen LogP contribution in [-0.2, 0) is 4.74 Å². The highest BCUT2D eigenvalue weighted by molar-refractivity contribution is 5.68. The number of ether oxygens (including phenoxy) is 1. The molecule has 20 heavy (non-hydrogen) atoms. The Morgan fingerprint density at radius 3 is 2.55 bits per heavy atom. The van der Waals surface area contributed by atoms with Gasteiger partial charge >= 0.3 is 6.09 Å². The van der Waals surface area contributed by atoms with Crippen molar-refractivity contribution >= 4 is 6.09 Å². The van der Waals surface area contributed by atoms with Crippen molar-refractivity contribution in [3.63, 3.8) is 0 Å². The van der Waals surface area contributed by atoms with Gasteiger partial charge in [0.05, 0.1) is 0 Å². The van der Waals surface area contributed by atoms with Crippen molar-refractivity contribution in [2.45, 2.75) is 78.0 Å². The number of nitrogens with zero attached hydrogens (tertiary/aromatic N) is 1. The Morgan fingerprint density at radius 2 is 2.00 bits per heavy atom. The molecule has 4 nitrogen and oxygen atoms in total. The molecule has 0 heterocycles. The first-order valence-corrected chi connectivity index (χ1v) is 7.92. The molecule has 0 aromatic heterocycles. The SMILES string of the molecule is CCCN(C)[C@H]1C[C@@H](C)CCC1NC(=O)OC(C)(C)C. The summed E-state index contributed by atoms with van der Waals surface area (Å²) in [4.78, 5) is 14.4. The highest BCUT2D eigenvalue weighted by atomic mass is 16.6. The Morgan fingerprint density at radius 1 is 1.35 bits per heavy atom. The Kier molecular flexibility index (Phi) is 6.31. The molecule has 1 fully saturated rings. The van der Waals surface area contributed by atoms with Gasteiger partial charge in [0.2, 0.25) is 0 Å². The largest absolute Gasteiger partial charge is 0.444 e. The average Bonchev–Trinajstić information content (AvgIpc) is 2.29. The molecule has 0 aromatic carbocycles. The van der Waals surface area contributed by atoms with Crippen molar-refractivity contribution in [2.75, 3.05) is 13.6 Å². The average molecular weight is 284 g/mol. The fourth-order valence-electron chi connectivity index (χ4n) is 2.98. The lowest BCUT2D eigenvalue weighted by Crippen LogP contribution is -2.54. The minimum Gasteiger partial charge on any atom is -0.444 e. The van der Waals surface area contributed by atoms with Crippen molar-refractivity contribution < 1.29 is 9.53 Å². The lowest BCUT2D eigenvalue weighted by Gasteiger charge is -2.40. The first-order valence-electron chi connectivity index (χ1n) is 7.92. The summed E-state index contributed by atoms with van der Waals surface area (Å²) in [6.07, 6.45) is 4.22. The van der Waals surface area contributed by atoms with Gasteiger partial charge in [0.1, 0.15) is 5.60 Å². The number of carbonyl (C=O) groups excluding carboxylic acids is 1. The highest BCUT2D eigenvalue weighted by Gasteiger charge is 2.33. The summed E-state index contributed by atoms with van der Waals surface area (Å²) in [5, 5.41) is 3.08. The van der Waals surface area contributed by atoms with E-state index in [1.165, 1.54) is 6.42 Å². The van der Waals surface area contributed by atoms with Crippen LogP contribution in [0.5, 0.6) is 0 Å². The second-order valence-corrected chi connectivity index (χ2v) is 7.22. The van der Waals surface area contributed by atoms with Gasteiger partial charge in [-0.2, -0.15) is 0 Å². The van der Waals surface area contributed by atoms with Crippen LogP contribution in [0.15, 0.2) is 0 Å². The van der Waals surface area contributed by atoms with Gasteiger partial charge in [-0.05, 0) is 66.0 Å². The number of amides is 1. The minimum atomic E-state index is -0.434. The molecule has 0 aliphatic heterocycles. The van der Waals surface area contributed by atoms with Gasteiger partial charge in [-0.3, -0.25) is 0 Å². The van der Waals surface area contributed by atoms with E-state index >= 15 is 0 Å². The standard InChI is InChI=1S/C16H32N2O2/c1-7-10-18(6)14-11-12(2)8-9-13(14)17-15(19)20-16(3,4)5/h12-14H,7-11H2,1-6H3,(H,17,19)/t12-,13?,14-/m0/s1. The zero-order valence-corrected chi connectivity index (χ0v) is 14.0. The quantitative estimate of drug-likeness (QED) is 0.860.